The molecule has 0 aliphatic carbocycles. The van der Waals surface area contributed by atoms with Gasteiger partial charge in [0.15, 0.2) is 0 Å². The van der Waals surface area contributed by atoms with Crippen molar-refractivity contribution in [3.05, 3.63) is 48.8 Å². The van der Waals surface area contributed by atoms with Crippen LogP contribution >= 0.6 is 22.7 Å². The fourth-order valence-corrected chi connectivity index (χ4v) is 4.42. The molecule has 0 aliphatic rings. The van der Waals surface area contributed by atoms with Crippen LogP contribution in [0.4, 0.5) is 33.0 Å². The monoisotopic (exact) mass is 494 g/mol. The molecule has 2 aromatic carbocycles. The summed E-state index contributed by atoms with van der Waals surface area (Å²) in [6.45, 7) is 5.48. The number of benzene rings is 2. The minimum Gasteiger partial charge on any atom is -0.506 e. The van der Waals surface area contributed by atoms with Crippen molar-refractivity contribution in [2.75, 3.05) is 23.7 Å². The normalized spacial score (nSPS) is 11.5. The maximum absolute atomic E-state index is 10.1. The number of azo groups is 2. The number of rotatable bonds is 9. The number of phenols is 2. The Morgan fingerprint density at radius 3 is 1.53 bits per heavy atom. The van der Waals surface area contributed by atoms with Crippen LogP contribution in [0.1, 0.15) is 13.8 Å². The Bertz CT molecular complexity index is 1230. The first-order valence-corrected chi connectivity index (χ1v) is 12.1. The molecule has 0 spiro atoms. The highest BCUT2D eigenvalue weighted by Crippen LogP contribution is 2.38. The van der Waals surface area contributed by atoms with Crippen molar-refractivity contribution in [2.45, 2.75) is 13.8 Å². The molecule has 4 rings (SSSR count). The number of hydrogen-bond donors (Lipinski definition) is 4. The van der Waals surface area contributed by atoms with Crippen molar-refractivity contribution in [3.8, 4) is 21.3 Å². The summed E-state index contributed by atoms with van der Waals surface area (Å²) in [6.07, 6.45) is 3.37. The standard InChI is InChI=1S/C22H22N8O2S2/c1-3-23-13-5-7-15(17(31)9-13)27-29-21-25-11-19(33-21)20-12-26-22(34-20)30-28-16-8-6-14(24-4-2)10-18(16)32/h5-12,23-24,31-32H,3-4H2,1-2H3. The van der Waals surface area contributed by atoms with Crippen LogP contribution in [0.15, 0.2) is 69.2 Å². The summed E-state index contributed by atoms with van der Waals surface area (Å²) >= 11 is 2.69. The fourth-order valence-electron chi connectivity index (χ4n) is 2.89. The lowest BCUT2D eigenvalue weighted by Gasteiger charge is -2.04. The van der Waals surface area contributed by atoms with Gasteiger partial charge in [0.2, 0.25) is 10.3 Å². The molecule has 0 saturated heterocycles. The van der Waals surface area contributed by atoms with Gasteiger partial charge in [0, 0.05) is 49.0 Å². The van der Waals surface area contributed by atoms with Crippen LogP contribution in [0.2, 0.25) is 0 Å². The first-order chi connectivity index (χ1) is 16.6. The Morgan fingerprint density at radius 1 is 0.706 bits per heavy atom. The molecule has 0 unspecified atom stereocenters. The zero-order chi connectivity index (χ0) is 23.9. The molecule has 0 bridgehead atoms. The van der Waals surface area contributed by atoms with Gasteiger partial charge in [-0.2, -0.15) is 0 Å². The van der Waals surface area contributed by atoms with Crippen molar-refractivity contribution in [1.82, 2.24) is 9.97 Å². The van der Waals surface area contributed by atoms with E-state index < -0.39 is 0 Å². The smallest absolute Gasteiger partial charge is 0.230 e. The molecule has 0 fully saturated rings. The van der Waals surface area contributed by atoms with E-state index in [0.29, 0.717) is 21.6 Å². The van der Waals surface area contributed by atoms with E-state index in [9.17, 15) is 10.2 Å². The largest absolute Gasteiger partial charge is 0.506 e. The molecule has 2 aromatic heterocycles. The highest BCUT2D eigenvalue weighted by atomic mass is 32.1. The van der Waals surface area contributed by atoms with Crippen LogP contribution < -0.4 is 10.6 Å². The van der Waals surface area contributed by atoms with E-state index in [4.69, 9.17) is 0 Å². The van der Waals surface area contributed by atoms with Crippen molar-refractivity contribution in [1.29, 1.82) is 0 Å². The van der Waals surface area contributed by atoms with E-state index >= 15 is 0 Å². The summed E-state index contributed by atoms with van der Waals surface area (Å²) < 4.78 is 0. The number of aromatic nitrogens is 2. The Kier molecular flexibility index (Phi) is 7.40. The molecule has 4 aromatic rings. The predicted molar refractivity (Wildman–Crippen MR) is 136 cm³/mol. The molecule has 0 aliphatic heterocycles. The van der Waals surface area contributed by atoms with Gasteiger partial charge in [-0.3, -0.25) is 0 Å². The quantitative estimate of drug-likeness (QED) is 0.179. The first kappa shape index (κ1) is 23.3. The van der Waals surface area contributed by atoms with E-state index in [1.54, 1.807) is 36.7 Å². The van der Waals surface area contributed by atoms with E-state index in [1.165, 1.54) is 22.7 Å². The van der Waals surface area contributed by atoms with Crippen LogP contribution in [0.5, 0.6) is 11.5 Å². The summed E-state index contributed by atoms with van der Waals surface area (Å²) in [5, 5.41) is 43.8. The molecular weight excluding hydrogens is 472 g/mol. The van der Waals surface area contributed by atoms with Gasteiger partial charge < -0.3 is 20.8 Å². The summed E-state index contributed by atoms with van der Waals surface area (Å²) in [5.41, 5.74) is 2.35. The number of nitrogens with zero attached hydrogens (tertiary/aromatic N) is 6. The van der Waals surface area contributed by atoms with Crippen LogP contribution in [-0.2, 0) is 0 Å². The van der Waals surface area contributed by atoms with Crippen LogP contribution in [0.25, 0.3) is 9.75 Å². The maximum atomic E-state index is 10.1. The molecule has 0 saturated carbocycles. The predicted octanol–water partition coefficient (Wildman–Crippen LogP) is 7.37. The van der Waals surface area contributed by atoms with Crippen molar-refractivity contribution < 1.29 is 10.2 Å². The molecule has 0 radical (unpaired) electrons. The second-order valence-electron chi connectivity index (χ2n) is 6.88. The van der Waals surface area contributed by atoms with Crippen LogP contribution in [0.3, 0.4) is 0 Å². The second-order valence-corrected chi connectivity index (χ2v) is 8.90. The van der Waals surface area contributed by atoms with Gasteiger partial charge in [-0.05, 0) is 38.1 Å². The third kappa shape index (κ3) is 5.71. The fraction of sp³-hybridized carbons (Fsp3) is 0.182. The summed E-state index contributed by atoms with van der Waals surface area (Å²) in [6, 6.07) is 10.3. The molecule has 10 nitrogen and oxygen atoms in total. The zero-order valence-electron chi connectivity index (χ0n) is 18.4. The number of nitrogens with one attached hydrogen (secondary N) is 2. The van der Waals surface area contributed by atoms with Gasteiger partial charge in [-0.15, -0.1) is 20.5 Å². The number of aromatic hydroxyl groups is 2. The lowest BCUT2D eigenvalue weighted by atomic mass is 10.2. The molecule has 0 amide bonds. The van der Waals surface area contributed by atoms with Crippen LogP contribution in [0, 0.1) is 0 Å². The topological polar surface area (TPSA) is 140 Å². The van der Waals surface area contributed by atoms with E-state index in [2.05, 4.69) is 41.1 Å². The van der Waals surface area contributed by atoms with Crippen molar-refractivity contribution in [2.24, 2.45) is 20.5 Å². The number of anilines is 2. The van der Waals surface area contributed by atoms with Crippen molar-refractivity contribution >= 4 is 55.7 Å². The maximum Gasteiger partial charge on any atom is 0.230 e. The second kappa shape index (κ2) is 10.8. The SMILES string of the molecule is CCNc1ccc(N=Nc2ncc(-c3cnc(N=Nc4ccc(NCC)cc4O)s3)s2)c(O)c1. The Morgan fingerprint density at radius 2 is 1.15 bits per heavy atom. The number of hydrogen-bond acceptors (Lipinski definition) is 12. The van der Waals surface area contributed by atoms with Gasteiger partial charge in [-0.25, -0.2) is 9.97 Å². The summed E-state index contributed by atoms with van der Waals surface area (Å²) in [5.74, 6) is 0.0810. The Hall–Kier alpha value is -3.90. The molecular formula is C22H22N8O2S2. The van der Waals surface area contributed by atoms with Crippen LogP contribution in [-0.4, -0.2) is 33.3 Å². The molecule has 2 heterocycles. The molecule has 12 heteroatoms. The minimum absolute atomic E-state index is 0.0405. The summed E-state index contributed by atoms with van der Waals surface area (Å²) in [7, 11) is 0. The van der Waals surface area contributed by atoms with Gasteiger partial charge >= 0.3 is 0 Å². The minimum atomic E-state index is 0.0405. The van der Waals surface area contributed by atoms with Gasteiger partial charge in [0.05, 0.1) is 9.75 Å². The van der Waals surface area contributed by atoms with Gasteiger partial charge in [-0.1, -0.05) is 22.7 Å². The lowest BCUT2D eigenvalue weighted by Crippen LogP contribution is -1.95. The van der Waals surface area contributed by atoms with E-state index in [-0.39, 0.29) is 11.5 Å². The zero-order valence-corrected chi connectivity index (χ0v) is 20.1. The van der Waals surface area contributed by atoms with E-state index in [1.807, 2.05) is 26.0 Å². The molecule has 174 valence electrons. The molecule has 0 atom stereocenters. The average molecular weight is 495 g/mol. The van der Waals surface area contributed by atoms with Gasteiger partial charge in [0.25, 0.3) is 0 Å². The highest BCUT2D eigenvalue weighted by Gasteiger charge is 2.10. The lowest BCUT2D eigenvalue weighted by molar-refractivity contribution is 0.476. The third-order valence-electron chi connectivity index (χ3n) is 4.43. The number of phenolic OH excluding ortho intramolecular Hbond substituents is 2. The van der Waals surface area contributed by atoms with Gasteiger partial charge in [0.1, 0.15) is 22.9 Å². The molecule has 4 N–H and O–H groups in total. The average Bonchev–Trinajstić information content (AvgIpc) is 3.48. The van der Waals surface area contributed by atoms with E-state index in [0.717, 1.165) is 34.2 Å². The Balaban J connectivity index is 1.43. The Labute approximate surface area is 203 Å². The molecule has 34 heavy (non-hydrogen) atoms. The first-order valence-electron chi connectivity index (χ1n) is 10.4. The highest BCUT2D eigenvalue weighted by molar-refractivity contribution is 7.25. The summed E-state index contributed by atoms with van der Waals surface area (Å²) in [4.78, 5) is 10.3. The third-order valence-corrected chi connectivity index (χ3v) is 6.39. The van der Waals surface area contributed by atoms with Crippen molar-refractivity contribution in [3.63, 3.8) is 0 Å². The number of thiazole rings is 2.